The number of para-hydroxylation sites is 1. The van der Waals surface area contributed by atoms with Crippen molar-refractivity contribution in [3.63, 3.8) is 0 Å². The lowest BCUT2D eigenvalue weighted by Crippen LogP contribution is -1.93. The van der Waals surface area contributed by atoms with Gasteiger partial charge in [-0.05, 0) is 62.2 Å². The Kier molecular flexibility index (Phi) is 2.83. The molecule has 0 bridgehead atoms. The molecule has 4 rings (SSSR count). The second-order valence-electron chi connectivity index (χ2n) is 6.09. The summed E-state index contributed by atoms with van der Waals surface area (Å²) < 4.78 is 2.37. The molecule has 0 saturated heterocycles. The number of hydrogen-bond donors (Lipinski definition) is 0. The van der Waals surface area contributed by atoms with E-state index in [1.807, 2.05) is 0 Å². The van der Waals surface area contributed by atoms with Gasteiger partial charge in [-0.1, -0.05) is 35.9 Å². The summed E-state index contributed by atoms with van der Waals surface area (Å²) >= 11 is 0. The van der Waals surface area contributed by atoms with Gasteiger partial charge >= 0.3 is 0 Å². The van der Waals surface area contributed by atoms with Crippen molar-refractivity contribution in [2.45, 2.75) is 20.8 Å². The average Bonchev–Trinajstić information content (AvgIpc) is 2.86. The van der Waals surface area contributed by atoms with Gasteiger partial charge in [-0.15, -0.1) is 0 Å². The van der Waals surface area contributed by atoms with Gasteiger partial charge in [-0.2, -0.15) is 0 Å². The van der Waals surface area contributed by atoms with Crippen LogP contribution >= 0.6 is 0 Å². The monoisotopic (exact) mass is 285 g/mol. The van der Waals surface area contributed by atoms with E-state index in [1.54, 1.807) is 0 Å². The van der Waals surface area contributed by atoms with E-state index < -0.39 is 0 Å². The number of nitrogens with zero attached hydrogens (tertiary/aromatic N) is 1. The van der Waals surface area contributed by atoms with Crippen LogP contribution < -0.4 is 0 Å². The third-order valence-electron chi connectivity index (χ3n) is 4.63. The Morgan fingerprint density at radius 1 is 0.727 bits per heavy atom. The van der Waals surface area contributed by atoms with E-state index in [0.29, 0.717) is 0 Å². The van der Waals surface area contributed by atoms with Crippen LogP contribution in [0.2, 0.25) is 0 Å². The molecule has 1 nitrogen and oxygen atoms in total. The first-order chi connectivity index (χ1) is 10.7. The Morgan fingerprint density at radius 2 is 1.45 bits per heavy atom. The summed E-state index contributed by atoms with van der Waals surface area (Å²) in [6, 6.07) is 21.8. The molecule has 0 fully saturated rings. The molecule has 0 aliphatic heterocycles. The predicted octanol–water partition coefficient (Wildman–Crippen LogP) is 5.71. The summed E-state index contributed by atoms with van der Waals surface area (Å²) in [7, 11) is 0. The van der Waals surface area contributed by atoms with Gasteiger partial charge in [0.2, 0.25) is 0 Å². The van der Waals surface area contributed by atoms with Crippen molar-refractivity contribution < 1.29 is 0 Å². The molecule has 0 unspecified atom stereocenters. The number of fused-ring (bicyclic) bond motifs is 3. The fourth-order valence-electron chi connectivity index (χ4n) is 3.36. The zero-order valence-electron chi connectivity index (χ0n) is 13.2. The van der Waals surface area contributed by atoms with E-state index in [4.69, 9.17) is 0 Å². The maximum Gasteiger partial charge on any atom is 0.0543 e. The molecule has 0 atom stereocenters. The first-order valence-corrected chi connectivity index (χ1v) is 7.73. The van der Waals surface area contributed by atoms with Crippen LogP contribution in [0.5, 0.6) is 0 Å². The zero-order valence-corrected chi connectivity index (χ0v) is 13.2. The molecule has 0 saturated carbocycles. The molecule has 1 aromatic heterocycles. The van der Waals surface area contributed by atoms with Gasteiger partial charge in [0.15, 0.2) is 0 Å². The van der Waals surface area contributed by atoms with Gasteiger partial charge < -0.3 is 4.57 Å². The number of rotatable bonds is 1. The van der Waals surface area contributed by atoms with Gasteiger partial charge in [0, 0.05) is 16.5 Å². The molecule has 22 heavy (non-hydrogen) atoms. The van der Waals surface area contributed by atoms with Gasteiger partial charge in [-0.3, -0.25) is 0 Å². The summed E-state index contributed by atoms with van der Waals surface area (Å²) in [5.41, 5.74) is 7.81. The van der Waals surface area contributed by atoms with Crippen molar-refractivity contribution in [1.82, 2.24) is 4.57 Å². The smallest absolute Gasteiger partial charge is 0.0543 e. The molecular weight excluding hydrogens is 266 g/mol. The Morgan fingerprint density at radius 3 is 2.23 bits per heavy atom. The van der Waals surface area contributed by atoms with Crippen LogP contribution in [0, 0.1) is 20.8 Å². The van der Waals surface area contributed by atoms with Crippen molar-refractivity contribution in [3.8, 4) is 5.69 Å². The minimum atomic E-state index is 1.22. The maximum absolute atomic E-state index is 2.37. The van der Waals surface area contributed by atoms with Crippen LogP contribution in [0.25, 0.3) is 27.5 Å². The highest BCUT2D eigenvalue weighted by atomic mass is 15.0. The van der Waals surface area contributed by atoms with Gasteiger partial charge in [-0.25, -0.2) is 0 Å². The van der Waals surface area contributed by atoms with Gasteiger partial charge in [0.25, 0.3) is 0 Å². The quantitative estimate of drug-likeness (QED) is 0.422. The number of benzene rings is 3. The van der Waals surface area contributed by atoms with Crippen molar-refractivity contribution in [2.24, 2.45) is 0 Å². The summed E-state index contributed by atoms with van der Waals surface area (Å²) in [6.07, 6.45) is 0. The molecule has 0 radical (unpaired) electrons. The predicted molar refractivity (Wildman–Crippen MR) is 95.0 cm³/mol. The third-order valence-corrected chi connectivity index (χ3v) is 4.63. The third kappa shape index (κ3) is 1.79. The largest absolute Gasteiger partial charge is 0.309 e. The van der Waals surface area contributed by atoms with E-state index in [0.717, 1.165) is 0 Å². The Bertz CT molecular complexity index is 991. The summed E-state index contributed by atoms with van der Waals surface area (Å²) in [4.78, 5) is 0. The van der Waals surface area contributed by atoms with Gasteiger partial charge in [0.1, 0.15) is 0 Å². The normalized spacial score (nSPS) is 11.4. The Labute approximate surface area is 130 Å². The summed E-state index contributed by atoms with van der Waals surface area (Å²) in [5, 5.41) is 2.72. The van der Waals surface area contributed by atoms with Crippen molar-refractivity contribution in [1.29, 1.82) is 0 Å². The summed E-state index contributed by atoms with van der Waals surface area (Å²) in [6.45, 7) is 6.58. The zero-order chi connectivity index (χ0) is 15.3. The van der Waals surface area contributed by atoms with E-state index in [1.165, 1.54) is 44.2 Å². The van der Waals surface area contributed by atoms with Crippen LogP contribution in [0.15, 0.2) is 60.7 Å². The first kappa shape index (κ1) is 13.1. The van der Waals surface area contributed by atoms with Crippen LogP contribution in [-0.4, -0.2) is 4.57 Å². The number of aromatic nitrogens is 1. The lowest BCUT2D eigenvalue weighted by Gasteiger charge is -2.08. The van der Waals surface area contributed by atoms with E-state index >= 15 is 0 Å². The topological polar surface area (TPSA) is 4.93 Å². The van der Waals surface area contributed by atoms with E-state index in [9.17, 15) is 0 Å². The average molecular weight is 285 g/mol. The van der Waals surface area contributed by atoms with Crippen LogP contribution in [0.4, 0.5) is 0 Å². The van der Waals surface area contributed by atoms with Crippen molar-refractivity contribution >= 4 is 21.8 Å². The van der Waals surface area contributed by atoms with Crippen molar-refractivity contribution in [2.75, 3.05) is 0 Å². The number of aryl methyl sites for hydroxylation is 3. The lowest BCUT2D eigenvalue weighted by atomic mass is 10.0. The highest BCUT2D eigenvalue weighted by Crippen LogP contribution is 2.35. The highest BCUT2D eigenvalue weighted by Gasteiger charge is 2.14. The Hall–Kier alpha value is -2.54. The standard InChI is InChI=1S/C21H19N/c1-14-9-11-19-18(13-14)21-16(3)15(2)10-12-20(21)22(19)17-7-5-4-6-8-17/h4-13H,1-3H3. The highest BCUT2D eigenvalue weighted by molar-refractivity contribution is 6.11. The summed E-state index contributed by atoms with van der Waals surface area (Å²) in [5.74, 6) is 0. The maximum atomic E-state index is 2.37. The van der Waals surface area contributed by atoms with Crippen molar-refractivity contribution in [3.05, 3.63) is 77.4 Å². The molecule has 1 heterocycles. The first-order valence-electron chi connectivity index (χ1n) is 7.73. The molecule has 0 aliphatic rings. The van der Waals surface area contributed by atoms with Crippen LogP contribution in [0.1, 0.15) is 16.7 Å². The number of hydrogen-bond acceptors (Lipinski definition) is 0. The van der Waals surface area contributed by atoms with E-state index in [-0.39, 0.29) is 0 Å². The lowest BCUT2D eigenvalue weighted by molar-refractivity contribution is 1.18. The minimum Gasteiger partial charge on any atom is -0.309 e. The SMILES string of the molecule is Cc1ccc2c(c1)c1c(C)c(C)ccc1n2-c1ccccc1. The second-order valence-corrected chi connectivity index (χ2v) is 6.09. The van der Waals surface area contributed by atoms with Crippen LogP contribution in [-0.2, 0) is 0 Å². The molecule has 0 spiro atoms. The van der Waals surface area contributed by atoms with Gasteiger partial charge in [0.05, 0.1) is 11.0 Å². The molecule has 0 aliphatic carbocycles. The molecular formula is C21H19N. The fraction of sp³-hybridized carbons (Fsp3) is 0.143. The Balaban J connectivity index is 2.26. The molecule has 108 valence electrons. The molecule has 1 heteroatoms. The van der Waals surface area contributed by atoms with Crippen LogP contribution in [0.3, 0.4) is 0 Å². The fourth-order valence-corrected chi connectivity index (χ4v) is 3.36. The van der Waals surface area contributed by atoms with E-state index in [2.05, 4.69) is 86.0 Å². The molecule has 0 N–H and O–H groups in total. The molecule has 3 aromatic carbocycles. The second kappa shape index (κ2) is 4.74. The molecule has 4 aromatic rings. The molecule has 0 amide bonds. The minimum absolute atomic E-state index is 1.22.